The number of hydrogen-bond donors (Lipinski definition) is 0. The molecule has 0 unspecified atom stereocenters. The number of imidazole rings is 1. The number of aromatic nitrogens is 3. The van der Waals surface area contributed by atoms with Gasteiger partial charge in [-0.2, -0.15) is 0 Å². The van der Waals surface area contributed by atoms with Crippen LogP contribution in [0.3, 0.4) is 0 Å². The monoisotopic (exact) mass is 251 g/mol. The van der Waals surface area contributed by atoms with Gasteiger partial charge < -0.3 is 0 Å². The summed E-state index contributed by atoms with van der Waals surface area (Å²) in [4.78, 5) is 18.5. The van der Waals surface area contributed by atoms with E-state index in [0.717, 1.165) is 5.52 Å². The largest absolute Gasteiger partial charge is 0.273 e. The second-order valence-electron chi connectivity index (χ2n) is 3.71. The Hall–Kier alpha value is -2.75. The van der Waals surface area contributed by atoms with Crippen LogP contribution in [-0.2, 0) is 0 Å². The van der Waals surface area contributed by atoms with Gasteiger partial charge in [-0.25, -0.2) is 4.98 Å². The third kappa shape index (κ3) is 3.35. The maximum atomic E-state index is 10.7. The fourth-order valence-corrected chi connectivity index (χ4v) is 1.51. The van der Waals surface area contributed by atoms with Gasteiger partial charge in [0, 0.05) is 24.0 Å². The summed E-state index contributed by atoms with van der Waals surface area (Å²) in [7, 11) is 0. The number of benzene rings is 1. The minimum absolute atomic E-state index is 0.160. The smallest absolute Gasteiger partial charge is 0.255 e. The van der Waals surface area contributed by atoms with E-state index >= 15 is 0 Å². The van der Waals surface area contributed by atoms with Gasteiger partial charge in [0.2, 0.25) is 0 Å². The van der Waals surface area contributed by atoms with E-state index in [9.17, 15) is 4.79 Å². The molecule has 94 valence electrons. The van der Waals surface area contributed by atoms with Crippen molar-refractivity contribution in [3.63, 3.8) is 0 Å². The van der Waals surface area contributed by atoms with Crippen molar-refractivity contribution < 1.29 is 4.79 Å². The number of rotatable bonds is 1. The molecule has 1 aromatic carbocycles. The summed E-state index contributed by atoms with van der Waals surface area (Å²) in [5, 5.41) is 1.20. The van der Waals surface area contributed by atoms with Crippen LogP contribution in [-0.4, -0.2) is 20.4 Å². The highest BCUT2D eigenvalue weighted by Gasteiger charge is 1.93. The molecule has 0 atom stereocenters. The zero-order chi connectivity index (χ0) is 13.5. The highest BCUT2D eigenvalue weighted by molar-refractivity contribution is 5.88. The maximum Gasteiger partial charge on any atom is 0.255 e. The normalized spacial score (nSPS) is 9.47. The van der Waals surface area contributed by atoms with Crippen LogP contribution >= 0.6 is 0 Å². The van der Waals surface area contributed by atoms with Crippen LogP contribution in [0.25, 0.3) is 10.9 Å². The molecule has 0 aliphatic rings. The molecule has 0 fully saturated rings. The number of pyridine rings is 1. The maximum absolute atomic E-state index is 10.7. The van der Waals surface area contributed by atoms with Crippen LogP contribution < -0.4 is 0 Å². The lowest BCUT2D eigenvalue weighted by atomic mass is 10.2. The number of nitrogens with zero attached hydrogens (tertiary/aromatic N) is 3. The van der Waals surface area contributed by atoms with E-state index in [1.54, 1.807) is 12.4 Å². The molecule has 0 spiro atoms. The minimum Gasteiger partial charge on any atom is -0.273 e. The highest BCUT2D eigenvalue weighted by Crippen LogP contribution is 2.07. The molecule has 19 heavy (non-hydrogen) atoms. The zero-order valence-electron chi connectivity index (χ0n) is 10.3. The van der Waals surface area contributed by atoms with Crippen molar-refractivity contribution in [2.75, 3.05) is 0 Å². The number of carbonyl (C=O) groups excluding carboxylic acids is 1. The Morgan fingerprint density at radius 2 is 1.95 bits per heavy atom. The average molecular weight is 251 g/mol. The standard InChI is InChI=1S/C9H7N.C6H6N2O/c1-2-6-9-8(4-1)5-3-7-10-9;1-2-6(9)8-4-3-7-5-8/h1-7H;2-5H,1H2. The molecular formula is C15H13N3O. The number of fused-ring (bicyclic) bond motifs is 1. The van der Waals surface area contributed by atoms with Gasteiger partial charge in [-0.05, 0) is 18.2 Å². The third-order valence-electron chi connectivity index (χ3n) is 2.45. The van der Waals surface area contributed by atoms with Gasteiger partial charge in [-0.3, -0.25) is 14.3 Å². The van der Waals surface area contributed by atoms with Crippen LogP contribution in [0.5, 0.6) is 0 Å². The molecule has 0 saturated carbocycles. The molecule has 2 aromatic heterocycles. The molecule has 2 heterocycles. The summed E-state index contributed by atoms with van der Waals surface area (Å²) in [6.07, 6.45) is 7.60. The SMILES string of the molecule is C=CC(=O)n1ccnc1.c1ccc2ncccc2c1. The third-order valence-corrected chi connectivity index (χ3v) is 2.45. The lowest BCUT2D eigenvalue weighted by molar-refractivity contribution is 0.0969. The van der Waals surface area contributed by atoms with E-state index in [2.05, 4.69) is 28.7 Å². The van der Waals surface area contributed by atoms with Gasteiger partial charge in [0.15, 0.2) is 0 Å². The molecule has 0 bridgehead atoms. The first-order valence-electron chi connectivity index (χ1n) is 5.76. The first-order valence-corrected chi connectivity index (χ1v) is 5.76. The van der Waals surface area contributed by atoms with Crippen LogP contribution in [0, 0.1) is 0 Å². The number of carbonyl (C=O) groups is 1. The van der Waals surface area contributed by atoms with E-state index in [0.29, 0.717) is 0 Å². The average Bonchev–Trinajstić information content (AvgIpc) is 3.01. The van der Waals surface area contributed by atoms with Crippen LogP contribution in [0.15, 0.2) is 74.0 Å². The molecule has 0 saturated heterocycles. The molecular weight excluding hydrogens is 238 g/mol. The quantitative estimate of drug-likeness (QED) is 0.625. The summed E-state index contributed by atoms with van der Waals surface area (Å²) in [6, 6.07) is 12.1. The molecule has 3 aromatic rings. The van der Waals surface area contributed by atoms with Crippen LogP contribution in [0.1, 0.15) is 4.79 Å². The van der Waals surface area contributed by atoms with Crippen molar-refractivity contribution in [3.8, 4) is 0 Å². The van der Waals surface area contributed by atoms with Crippen molar-refractivity contribution in [2.24, 2.45) is 0 Å². The van der Waals surface area contributed by atoms with Gasteiger partial charge in [0.1, 0.15) is 6.33 Å². The Kier molecular flexibility index (Phi) is 4.18. The summed E-state index contributed by atoms with van der Waals surface area (Å²) >= 11 is 0. The van der Waals surface area contributed by atoms with Crippen molar-refractivity contribution in [1.82, 2.24) is 14.5 Å². The predicted molar refractivity (Wildman–Crippen MR) is 74.8 cm³/mol. The van der Waals surface area contributed by atoms with Crippen molar-refractivity contribution in [3.05, 3.63) is 74.0 Å². The fourth-order valence-electron chi connectivity index (χ4n) is 1.51. The molecule has 3 rings (SSSR count). The molecule has 4 heteroatoms. The van der Waals surface area contributed by atoms with Gasteiger partial charge in [-0.1, -0.05) is 30.8 Å². The molecule has 0 N–H and O–H groups in total. The van der Waals surface area contributed by atoms with E-state index < -0.39 is 0 Å². The Bertz CT molecular complexity index is 609. The van der Waals surface area contributed by atoms with Gasteiger partial charge in [0.25, 0.3) is 5.91 Å². The van der Waals surface area contributed by atoms with Crippen molar-refractivity contribution in [2.45, 2.75) is 0 Å². The Balaban J connectivity index is 0.000000141. The van der Waals surface area contributed by atoms with E-state index in [1.807, 2.05) is 30.5 Å². The van der Waals surface area contributed by atoms with Gasteiger partial charge in [0.05, 0.1) is 5.52 Å². The predicted octanol–water partition coefficient (Wildman–Crippen LogP) is 2.94. The van der Waals surface area contributed by atoms with E-state index in [4.69, 9.17) is 0 Å². The summed E-state index contributed by atoms with van der Waals surface area (Å²) in [5.41, 5.74) is 1.06. The van der Waals surface area contributed by atoms with Crippen molar-refractivity contribution >= 4 is 16.8 Å². The molecule has 0 aliphatic carbocycles. The van der Waals surface area contributed by atoms with E-state index in [1.165, 1.54) is 22.4 Å². The first-order chi connectivity index (χ1) is 9.31. The van der Waals surface area contributed by atoms with Gasteiger partial charge in [-0.15, -0.1) is 0 Å². The second-order valence-corrected chi connectivity index (χ2v) is 3.71. The lowest BCUT2D eigenvalue weighted by Gasteiger charge is -1.91. The van der Waals surface area contributed by atoms with Crippen LogP contribution in [0.2, 0.25) is 0 Å². The Labute approximate surface area is 111 Å². The summed E-state index contributed by atoms with van der Waals surface area (Å²) in [6.45, 7) is 3.32. The van der Waals surface area contributed by atoms with Gasteiger partial charge >= 0.3 is 0 Å². The fraction of sp³-hybridized carbons (Fsp3) is 0. The second kappa shape index (κ2) is 6.26. The summed E-state index contributed by atoms with van der Waals surface area (Å²) < 4.78 is 1.35. The van der Waals surface area contributed by atoms with Crippen LogP contribution in [0.4, 0.5) is 0 Å². The number of hydrogen-bond acceptors (Lipinski definition) is 3. The molecule has 0 radical (unpaired) electrons. The van der Waals surface area contributed by atoms with E-state index in [-0.39, 0.29) is 5.91 Å². The summed E-state index contributed by atoms with van der Waals surface area (Å²) in [5.74, 6) is -0.160. The molecule has 4 nitrogen and oxygen atoms in total. The lowest BCUT2D eigenvalue weighted by Crippen LogP contribution is -2.02. The highest BCUT2D eigenvalue weighted by atomic mass is 16.1. The number of allylic oxidation sites excluding steroid dienone is 1. The topological polar surface area (TPSA) is 47.8 Å². The Morgan fingerprint density at radius 1 is 1.16 bits per heavy atom. The minimum atomic E-state index is -0.160. The molecule has 0 aliphatic heterocycles. The zero-order valence-corrected chi connectivity index (χ0v) is 10.3. The first kappa shape index (κ1) is 12.7. The molecule has 0 amide bonds. The van der Waals surface area contributed by atoms with Crippen molar-refractivity contribution in [1.29, 1.82) is 0 Å². The number of para-hydroxylation sites is 1. The Morgan fingerprint density at radius 3 is 2.63 bits per heavy atom.